The molecule has 6 heteroatoms. The molecule has 1 unspecified atom stereocenters. The standard InChI is InChI=1S/C54H78O6/c1-4-7-10-13-16-19-22-25-26-27-30-32-35-38-41-44-47-53(56)59-50-51(60-54(57)48-45-42-39-36-33-29-24-21-18-15-12-9-6-3)49-58-52(55)46-43-40-37-34-31-28-23-20-17-14-11-8-5-2/h7-12,14-21,23-26,28-33,36,39,51H,4-6,13,22,27,34-35,37-38,40-50H2,1-3H3/b10-7-,11-8-,12-9-,17-14-,18-15-,19-16-,23-20-,24-21-,26-25-,31-28-,32-30-,33-29-,39-36-. The predicted octanol–water partition coefficient (Wildman–Crippen LogP) is 14.7. The third-order valence-corrected chi connectivity index (χ3v) is 8.48. The van der Waals surface area contributed by atoms with E-state index < -0.39 is 12.1 Å². The second-order valence-electron chi connectivity index (χ2n) is 14.0. The molecule has 0 bridgehead atoms. The molecule has 0 radical (unpaired) electrons. The normalized spacial score (nSPS) is 13.6. The van der Waals surface area contributed by atoms with Crippen molar-refractivity contribution in [2.24, 2.45) is 0 Å². The maximum absolute atomic E-state index is 12.7. The summed E-state index contributed by atoms with van der Waals surface area (Å²) in [7, 11) is 0. The maximum Gasteiger partial charge on any atom is 0.306 e. The molecule has 0 aliphatic rings. The summed E-state index contributed by atoms with van der Waals surface area (Å²) >= 11 is 0. The van der Waals surface area contributed by atoms with Crippen LogP contribution < -0.4 is 0 Å². The smallest absolute Gasteiger partial charge is 0.306 e. The average molecular weight is 823 g/mol. The maximum atomic E-state index is 12.7. The molecule has 0 amide bonds. The number of carbonyl (C=O) groups is 3. The van der Waals surface area contributed by atoms with Gasteiger partial charge in [0.25, 0.3) is 0 Å². The molecule has 0 aromatic carbocycles. The van der Waals surface area contributed by atoms with Crippen LogP contribution in [0.5, 0.6) is 0 Å². The molecule has 330 valence electrons. The molecule has 0 aromatic rings. The summed E-state index contributed by atoms with van der Waals surface area (Å²) in [4.78, 5) is 37.8. The monoisotopic (exact) mass is 823 g/mol. The highest BCUT2D eigenvalue weighted by Gasteiger charge is 2.19. The van der Waals surface area contributed by atoms with Gasteiger partial charge in [0.05, 0.1) is 0 Å². The summed E-state index contributed by atoms with van der Waals surface area (Å²) in [5.41, 5.74) is 0. The molecule has 0 aromatic heterocycles. The van der Waals surface area contributed by atoms with Crippen LogP contribution >= 0.6 is 0 Å². The van der Waals surface area contributed by atoms with Crippen LogP contribution in [-0.4, -0.2) is 37.2 Å². The fraction of sp³-hybridized carbons (Fsp3) is 0.463. The van der Waals surface area contributed by atoms with Crippen molar-refractivity contribution < 1.29 is 28.6 Å². The molecule has 0 rings (SSSR count). The number of rotatable bonds is 37. The highest BCUT2D eigenvalue weighted by atomic mass is 16.6. The van der Waals surface area contributed by atoms with Gasteiger partial charge < -0.3 is 14.2 Å². The van der Waals surface area contributed by atoms with Gasteiger partial charge in [0.2, 0.25) is 0 Å². The van der Waals surface area contributed by atoms with Crippen LogP contribution in [0.3, 0.4) is 0 Å². The van der Waals surface area contributed by atoms with E-state index in [0.29, 0.717) is 19.3 Å². The topological polar surface area (TPSA) is 78.9 Å². The number of hydrogen-bond acceptors (Lipinski definition) is 6. The Hall–Kier alpha value is -4.97. The van der Waals surface area contributed by atoms with E-state index in [-0.39, 0.29) is 44.4 Å². The fourth-order valence-corrected chi connectivity index (χ4v) is 5.18. The van der Waals surface area contributed by atoms with Gasteiger partial charge in [0.1, 0.15) is 13.2 Å². The van der Waals surface area contributed by atoms with Crippen LogP contribution in [0.15, 0.2) is 158 Å². The van der Waals surface area contributed by atoms with E-state index in [2.05, 4.69) is 87.6 Å². The van der Waals surface area contributed by atoms with E-state index in [4.69, 9.17) is 14.2 Å². The quantitative estimate of drug-likeness (QED) is 0.0204. The molecule has 60 heavy (non-hydrogen) atoms. The summed E-state index contributed by atoms with van der Waals surface area (Å²) in [5.74, 6) is -1.11. The fourth-order valence-electron chi connectivity index (χ4n) is 5.18. The van der Waals surface area contributed by atoms with Crippen molar-refractivity contribution in [2.45, 2.75) is 149 Å². The number of esters is 3. The Balaban J connectivity index is 4.66. The molecule has 0 saturated carbocycles. The molecule has 0 fully saturated rings. The van der Waals surface area contributed by atoms with Crippen molar-refractivity contribution in [3.63, 3.8) is 0 Å². The highest BCUT2D eigenvalue weighted by Crippen LogP contribution is 2.10. The largest absolute Gasteiger partial charge is 0.462 e. The summed E-state index contributed by atoms with van der Waals surface area (Å²) < 4.78 is 16.6. The SMILES string of the molecule is CC\C=C/C=C\C=C/C=C\C=C/CCCC(=O)OC(COC(=O)CCCCC\C=C/C=C\C=C/C=C\CC)COC(=O)CCCCC/C=C\C/C=C\C/C=C\C/C=C\CC. The van der Waals surface area contributed by atoms with Gasteiger partial charge in [-0.25, -0.2) is 0 Å². The first-order valence-corrected chi connectivity index (χ1v) is 22.6. The minimum absolute atomic E-state index is 0.145. The van der Waals surface area contributed by atoms with Crippen molar-refractivity contribution in [3.8, 4) is 0 Å². The van der Waals surface area contributed by atoms with Crippen LogP contribution in [0.1, 0.15) is 143 Å². The van der Waals surface area contributed by atoms with Crippen molar-refractivity contribution in [2.75, 3.05) is 13.2 Å². The highest BCUT2D eigenvalue weighted by molar-refractivity contribution is 5.71. The lowest BCUT2D eigenvalue weighted by Crippen LogP contribution is -2.30. The predicted molar refractivity (Wildman–Crippen MR) is 255 cm³/mol. The Labute approximate surface area is 365 Å². The Kier molecular flexibility index (Phi) is 42.8. The van der Waals surface area contributed by atoms with E-state index in [1.807, 2.05) is 91.1 Å². The van der Waals surface area contributed by atoms with Gasteiger partial charge >= 0.3 is 17.9 Å². The van der Waals surface area contributed by atoms with Gasteiger partial charge in [-0.2, -0.15) is 0 Å². The van der Waals surface area contributed by atoms with Crippen molar-refractivity contribution in [1.29, 1.82) is 0 Å². The third kappa shape index (κ3) is 44.1. The first-order chi connectivity index (χ1) is 29.5. The lowest BCUT2D eigenvalue weighted by atomic mass is 10.1. The van der Waals surface area contributed by atoms with Crippen LogP contribution in [0.2, 0.25) is 0 Å². The second kappa shape index (κ2) is 46.7. The Morgan fingerprint density at radius 2 is 0.700 bits per heavy atom. The third-order valence-electron chi connectivity index (χ3n) is 8.48. The molecule has 0 aliphatic heterocycles. The Bertz CT molecular complexity index is 1460. The molecule has 1 atom stereocenters. The number of ether oxygens (including phenoxy) is 3. The van der Waals surface area contributed by atoms with Gasteiger partial charge in [-0.1, -0.05) is 192 Å². The molecular weight excluding hydrogens is 745 g/mol. The van der Waals surface area contributed by atoms with Crippen LogP contribution in [0.4, 0.5) is 0 Å². The molecule has 0 saturated heterocycles. The van der Waals surface area contributed by atoms with E-state index in [1.54, 1.807) is 0 Å². The van der Waals surface area contributed by atoms with Gasteiger partial charge in [-0.3, -0.25) is 14.4 Å². The number of hydrogen-bond donors (Lipinski definition) is 0. The molecule has 0 N–H and O–H groups in total. The van der Waals surface area contributed by atoms with Crippen LogP contribution in [0, 0.1) is 0 Å². The Morgan fingerprint density at radius 1 is 0.350 bits per heavy atom. The van der Waals surface area contributed by atoms with Gasteiger partial charge in [0, 0.05) is 19.3 Å². The summed E-state index contributed by atoms with van der Waals surface area (Å²) in [6.07, 6.45) is 68.0. The van der Waals surface area contributed by atoms with E-state index in [0.717, 1.165) is 83.5 Å². The number of unbranched alkanes of at least 4 members (excludes halogenated alkanes) is 7. The van der Waals surface area contributed by atoms with E-state index >= 15 is 0 Å². The first kappa shape index (κ1) is 55.0. The van der Waals surface area contributed by atoms with Gasteiger partial charge in [0.15, 0.2) is 6.10 Å². The van der Waals surface area contributed by atoms with E-state index in [9.17, 15) is 14.4 Å². The summed E-state index contributed by atoms with van der Waals surface area (Å²) in [5, 5.41) is 0. The minimum atomic E-state index is -0.851. The Morgan fingerprint density at radius 3 is 1.15 bits per heavy atom. The zero-order chi connectivity index (χ0) is 43.7. The van der Waals surface area contributed by atoms with Gasteiger partial charge in [-0.05, 0) is 89.9 Å². The van der Waals surface area contributed by atoms with Crippen LogP contribution in [-0.2, 0) is 28.6 Å². The number of allylic oxidation sites excluding steroid dienone is 26. The van der Waals surface area contributed by atoms with Crippen molar-refractivity contribution in [3.05, 3.63) is 158 Å². The lowest BCUT2D eigenvalue weighted by Gasteiger charge is -2.18. The summed E-state index contributed by atoms with van der Waals surface area (Å²) in [6.45, 7) is 6.06. The molecule has 6 nitrogen and oxygen atoms in total. The first-order valence-electron chi connectivity index (χ1n) is 22.6. The molecular formula is C54H78O6. The number of carbonyl (C=O) groups excluding carboxylic acids is 3. The lowest BCUT2D eigenvalue weighted by molar-refractivity contribution is -0.167. The summed E-state index contributed by atoms with van der Waals surface area (Å²) in [6, 6.07) is 0. The molecule has 0 heterocycles. The van der Waals surface area contributed by atoms with Crippen LogP contribution in [0.25, 0.3) is 0 Å². The molecule has 0 spiro atoms. The van der Waals surface area contributed by atoms with Crippen molar-refractivity contribution >= 4 is 17.9 Å². The zero-order valence-electron chi connectivity index (χ0n) is 37.4. The molecule has 0 aliphatic carbocycles. The second-order valence-corrected chi connectivity index (χ2v) is 14.0. The van der Waals surface area contributed by atoms with E-state index in [1.165, 1.54) is 0 Å². The van der Waals surface area contributed by atoms with Gasteiger partial charge in [-0.15, -0.1) is 0 Å². The minimum Gasteiger partial charge on any atom is -0.462 e. The zero-order valence-corrected chi connectivity index (χ0v) is 37.4. The van der Waals surface area contributed by atoms with Crippen molar-refractivity contribution in [1.82, 2.24) is 0 Å². The average Bonchev–Trinajstić information content (AvgIpc) is 3.24.